The zero-order chi connectivity index (χ0) is 58.7. The van der Waals surface area contributed by atoms with Crippen molar-refractivity contribution in [1.29, 1.82) is 0 Å². The van der Waals surface area contributed by atoms with Gasteiger partial charge in [-0.1, -0.05) is 253 Å². The van der Waals surface area contributed by atoms with Gasteiger partial charge in [-0.05, 0) is 135 Å². The third kappa shape index (κ3) is 63.9. The Balaban J connectivity index is 4.10. The van der Waals surface area contributed by atoms with Gasteiger partial charge in [0.1, 0.15) is 6.61 Å². The molecule has 2 atom stereocenters. The fourth-order valence-corrected chi connectivity index (χ4v) is 8.26. The average molecular weight is 1140 g/mol. The summed E-state index contributed by atoms with van der Waals surface area (Å²) in [6.07, 6.45) is 97.8. The third-order valence-corrected chi connectivity index (χ3v) is 13.0. The molecule has 0 aromatic carbocycles. The van der Waals surface area contributed by atoms with E-state index < -0.39 is 32.5 Å². The van der Waals surface area contributed by atoms with Crippen molar-refractivity contribution in [2.24, 2.45) is 5.73 Å². The fourth-order valence-electron chi connectivity index (χ4n) is 7.50. The van der Waals surface area contributed by atoms with Crippen LogP contribution in [0.5, 0.6) is 0 Å². The van der Waals surface area contributed by atoms with Crippen LogP contribution in [0.25, 0.3) is 0 Å². The first-order valence-electron chi connectivity index (χ1n) is 30.9. The molecule has 0 aromatic heterocycles. The van der Waals surface area contributed by atoms with Crippen LogP contribution in [-0.2, 0) is 32.7 Å². The Kier molecular flexibility index (Phi) is 60.0. The minimum atomic E-state index is -4.42. The van der Waals surface area contributed by atoms with Gasteiger partial charge in [0, 0.05) is 19.4 Å². The molecule has 0 aliphatic rings. The molecule has 0 aliphatic carbocycles. The lowest BCUT2D eigenvalue weighted by molar-refractivity contribution is -0.161. The molecule has 0 spiro atoms. The molecule has 0 aliphatic heterocycles. The fraction of sp³-hybridized carbons (Fsp3) is 0.521. The van der Waals surface area contributed by atoms with E-state index in [-0.39, 0.29) is 32.6 Å². The number of phosphoric ester groups is 1. The molecule has 3 N–H and O–H groups in total. The Labute approximate surface area is 494 Å². The van der Waals surface area contributed by atoms with E-state index >= 15 is 0 Å². The van der Waals surface area contributed by atoms with Crippen LogP contribution in [-0.4, -0.2) is 49.3 Å². The summed E-state index contributed by atoms with van der Waals surface area (Å²) in [6.45, 7) is 3.41. The Morgan fingerprint density at radius 1 is 0.370 bits per heavy atom. The highest BCUT2D eigenvalue weighted by Crippen LogP contribution is 2.43. The number of nitrogens with two attached hydrogens (primary N) is 1. The molecule has 2 unspecified atom stereocenters. The van der Waals surface area contributed by atoms with Crippen molar-refractivity contribution in [3.05, 3.63) is 194 Å². The van der Waals surface area contributed by atoms with E-state index in [0.29, 0.717) is 12.8 Å². The summed E-state index contributed by atoms with van der Waals surface area (Å²) in [5.74, 6) is -0.921. The lowest BCUT2D eigenvalue weighted by Crippen LogP contribution is -2.29. The Bertz CT molecular complexity index is 2020. The van der Waals surface area contributed by atoms with Gasteiger partial charge >= 0.3 is 19.8 Å². The zero-order valence-electron chi connectivity index (χ0n) is 50.4. The summed E-state index contributed by atoms with van der Waals surface area (Å²) >= 11 is 0. The van der Waals surface area contributed by atoms with E-state index in [0.717, 1.165) is 135 Å². The topological polar surface area (TPSA) is 134 Å². The van der Waals surface area contributed by atoms with Gasteiger partial charge in [-0.3, -0.25) is 18.6 Å². The molecule has 0 fully saturated rings. The van der Waals surface area contributed by atoms with E-state index in [1.807, 2.05) is 6.08 Å². The molecule has 0 bridgehead atoms. The number of hydrogen-bond acceptors (Lipinski definition) is 8. The van der Waals surface area contributed by atoms with Crippen molar-refractivity contribution < 1.29 is 37.6 Å². The highest BCUT2D eigenvalue weighted by Gasteiger charge is 2.26. The minimum Gasteiger partial charge on any atom is -0.462 e. The number of esters is 2. The highest BCUT2D eigenvalue weighted by atomic mass is 31.2. The minimum absolute atomic E-state index is 0.0335. The molecule has 0 rings (SSSR count). The molecular weight excluding hydrogens is 1030 g/mol. The van der Waals surface area contributed by atoms with Crippen LogP contribution >= 0.6 is 7.82 Å². The molecule has 81 heavy (non-hydrogen) atoms. The lowest BCUT2D eigenvalue weighted by atomic mass is 10.1. The van der Waals surface area contributed by atoms with Crippen molar-refractivity contribution in [2.75, 3.05) is 26.4 Å². The van der Waals surface area contributed by atoms with E-state index in [1.165, 1.54) is 32.1 Å². The molecule has 452 valence electrons. The number of carbonyl (C=O) groups is 2. The quantitative estimate of drug-likeness (QED) is 0.0264. The van der Waals surface area contributed by atoms with Crippen molar-refractivity contribution in [3.63, 3.8) is 0 Å². The molecular formula is C71H110NO8P. The maximum atomic E-state index is 12.7. The lowest BCUT2D eigenvalue weighted by Gasteiger charge is -2.19. The molecule has 9 nitrogen and oxygen atoms in total. The van der Waals surface area contributed by atoms with Crippen LogP contribution in [0.2, 0.25) is 0 Å². The number of phosphoric acid groups is 1. The number of allylic oxidation sites excluding steroid dienone is 32. The number of rotatable bonds is 55. The predicted molar refractivity (Wildman–Crippen MR) is 348 cm³/mol. The third-order valence-electron chi connectivity index (χ3n) is 12.0. The normalized spacial score (nSPS) is 14.4. The van der Waals surface area contributed by atoms with Crippen molar-refractivity contribution in [1.82, 2.24) is 0 Å². The first-order valence-corrected chi connectivity index (χ1v) is 32.4. The van der Waals surface area contributed by atoms with Gasteiger partial charge in [0.2, 0.25) is 0 Å². The first kappa shape index (κ1) is 75.8. The maximum absolute atomic E-state index is 12.7. The summed E-state index contributed by atoms with van der Waals surface area (Å²) in [4.78, 5) is 35.2. The Morgan fingerprint density at radius 3 is 0.988 bits per heavy atom. The molecule has 10 heteroatoms. The Morgan fingerprint density at radius 2 is 0.654 bits per heavy atom. The van der Waals surface area contributed by atoms with E-state index in [4.69, 9.17) is 24.3 Å². The van der Waals surface area contributed by atoms with E-state index in [9.17, 15) is 19.0 Å². The van der Waals surface area contributed by atoms with Crippen molar-refractivity contribution in [2.45, 2.75) is 213 Å². The second-order valence-electron chi connectivity index (χ2n) is 19.5. The van der Waals surface area contributed by atoms with Gasteiger partial charge in [-0.25, -0.2) is 4.57 Å². The smallest absolute Gasteiger partial charge is 0.462 e. The summed E-state index contributed by atoms with van der Waals surface area (Å²) in [5, 5.41) is 0. The van der Waals surface area contributed by atoms with Gasteiger partial charge < -0.3 is 20.1 Å². The van der Waals surface area contributed by atoms with Crippen LogP contribution < -0.4 is 5.73 Å². The van der Waals surface area contributed by atoms with E-state index in [2.05, 4.69) is 202 Å². The second-order valence-corrected chi connectivity index (χ2v) is 20.9. The molecule has 0 amide bonds. The van der Waals surface area contributed by atoms with Crippen molar-refractivity contribution in [3.8, 4) is 0 Å². The number of unbranched alkanes of at least 4 members (excludes halogenated alkanes) is 10. The highest BCUT2D eigenvalue weighted by molar-refractivity contribution is 7.47. The molecule has 0 heterocycles. The van der Waals surface area contributed by atoms with E-state index in [1.54, 1.807) is 0 Å². The molecule has 0 aromatic rings. The summed E-state index contributed by atoms with van der Waals surface area (Å²) in [6, 6.07) is 0. The van der Waals surface area contributed by atoms with Crippen LogP contribution in [0.15, 0.2) is 194 Å². The first-order chi connectivity index (χ1) is 39.8. The molecule has 0 saturated carbocycles. The number of hydrogen-bond donors (Lipinski definition) is 2. The summed E-state index contributed by atoms with van der Waals surface area (Å²) in [5.41, 5.74) is 5.38. The van der Waals surface area contributed by atoms with Crippen LogP contribution in [0.4, 0.5) is 0 Å². The van der Waals surface area contributed by atoms with Crippen LogP contribution in [0.3, 0.4) is 0 Å². The number of ether oxygens (including phenoxy) is 2. The largest absolute Gasteiger partial charge is 0.472 e. The van der Waals surface area contributed by atoms with Gasteiger partial charge in [-0.2, -0.15) is 0 Å². The molecule has 0 radical (unpaired) electrons. The summed E-state index contributed by atoms with van der Waals surface area (Å²) in [7, 11) is -4.42. The second kappa shape index (κ2) is 64.0. The standard InChI is InChI=1S/C71H110NO8P/c1-3-5-7-9-11-13-15-17-19-21-23-25-27-28-29-30-31-32-33-34-35-36-37-38-39-40-42-44-46-48-50-52-54-56-58-60-62-64-71(74)80-69(68-79-81(75,76)78-66-65-72)67-77-70(73)63-61-59-57-55-53-51-49-47-45-43-41-26-24-22-20-18-16-14-12-10-8-6-4-2/h5-8,11-14,17-20,23-26,28-29,31-32,34-35,37-38,40,42-43,45,49,51,55,57,69H,3-4,9-10,15-16,21-22,27,30,33,36,39,41,44,46-48,50,52-54,56,58-68,72H2,1-2H3,(H,75,76)/b7-5-,8-6-,13-11-,14-12-,19-17-,20-18-,25-23-,26-24-,29-28-,32-31-,35-34-,38-37-,42-40-,45-43-,51-49-,57-55-. The maximum Gasteiger partial charge on any atom is 0.472 e. The van der Waals surface area contributed by atoms with Gasteiger partial charge in [-0.15, -0.1) is 0 Å². The van der Waals surface area contributed by atoms with Crippen LogP contribution in [0, 0.1) is 0 Å². The van der Waals surface area contributed by atoms with Gasteiger partial charge in [0.05, 0.1) is 13.2 Å². The van der Waals surface area contributed by atoms with Crippen LogP contribution in [0.1, 0.15) is 206 Å². The monoisotopic (exact) mass is 1140 g/mol. The zero-order valence-corrected chi connectivity index (χ0v) is 51.3. The van der Waals surface area contributed by atoms with Gasteiger partial charge in [0.25, 0.3) is 0 Å². The van der Waals surface area contributed by atoms with Crippen molar-refractivity contribution >= 4 is 19.8 Å². The SMILES string of the molecule is CC/C=C\C/C=C\C/C=C\C/C=C\C/C=C\C/C=C\C/C=C\C/C=C\C/C=C\CCCCCCCCCCCC(=O)OC(COC(=O)CCC/C=C\C/C=C\C/C=C\C/C=C\C/C=C\C/C=C\C/C=C\CC)COP(=O)(O)OCCN. The Hall–Kier alpha value is -5.15. The van der Waals surface area contributed by atoms with Gasteiger partial charge in [0.15, 0.2) is 6.10 Å². The number of carbonyl (C=O) groups excluding carboxylic acids is 2. The average Bonchev–Trinajstić information content (AvgIpc) is 3.46. The molecule has 0 saturated heterocycles. The predicted octanol–water partition coefficient (Wildman–Crippen LogP) is 20.2. The summed E-state index contributed by atoms with van der Waals surface area (Å²) < 4.78 is 33.0.